The van der Waals surface area contributed by atoms with Crippen molar-refractivity contribution in [1.82, 2.24) is 5.32 Å². The van der Waals surface area contributed by atoms with E-state index in [2.05, 4.69) is 69.5 Å². The van der Waals surface area contributed by atoms with E-state index in [9.17, 15) is 9.59 Å². The molecule has 38 heavy (non-hydrogen) atoms. The Morgan fingerprint density at radius 3 is 2.18 bits per heavy atom. The molecule has 2 aromatic rings. The lowest BCUT2D eigenvalue weighted by Crippen LogP contribution is -2.49. The molecule has 7 rings (SSSR count). The number of benzene rings is 2. The Labute approximate surface area is 232 Å². The molecule has 0 radical (unpaired) electrons. The Bertz CT molecular complexity index is 1300. The van der Waals surface area contributed by atoms with Crippen LogP contribution in [-0.4, -0.2) is 19.5 Å². The maximum atomic E-state index is 12.3. The molecule has 5 fully saturated rings. The molecule has 1 saturated heterocycles. The first-order chi connectivity index (χ1) is 17.9. The van der Waals surface area contributed by atoms with E-state index < -0.39 is 8.32 Å². The fourth-order valence-corrected chi connectivity index (χ4v) is 9.22. The van der Waals surface area contributed by atoms with Gasteiger partial charge in [-0.25, -0.2) is 0 Å². The number of imide groups is 1. The lowest BCUT2D eigenvalue weighted by Gasteiger charge is -2.57. The first-order valence-electron chi connectivity index (χ1n) is 14.1. The van der Waals surface area contributed by atoms with Crippen molar-refractivity contribution in [2.24, 2.45) is 17.8 Å². The molecule has 4 aliphatic carbocycles. The van der Waals surface area contributed by atoms with Crippen LogP contribution in [0.25, 0.3) is 17.2 Å². The maximum Gasteiger partial charge on any atom is 0.290 e. The Kier molecular flexibility index (Phi) is 6.23. The minimum absolute atomic E-state index is 0.125. The fraction of sp³-hybridized carbons (Fsp3) is 0.500. The molecule has 200 valence electrons. The summed E-state index contributed by atoms with van der Waals surface area (Å²) in [6.07, 6.45) is 9.91. The van der Waals surface area contributed by atoms with E-state index in [1.165, 1.54) is 44.1 Å². The van der Waals surface area contributed by atoms with E-state index in [1.54, 1.807) is 0 Å². The maximum absolute atomic E-state index is 12.3. The molecule has 1 N–H and O–H groups in total. The monoisotopic (exact) mass is 545 g/mol. The van der Waals surface area contributed by atoms with E-state index in [4.69, 9.17) is 4.43 Å². The van der Waals surface area contributed by atoms with Gasteiger partial charge in [-0.05, 0) is 132 Å². The predicted octanol–water partition coefficient (Wildman–Crippen LogP) is 8.53. The average molecular weight is 546 g/mol. The van der Waals surface area contributed by atoms with Gasteiger partial charge in [0.15, 0.2) is 0 Å². The quantitative estimate of drug-likeness (QED) is 0.302. The van der Waals surface area contributed by atoms with Crippen LogP contribution in [0.1, 0.15) is 70.4 Å². The molecule has 2 amide bonds. The van der Waals surface area contributed by atoms with Gasteiger partial charge in [0.05, 0.1) is 4.91 Å². The summed E-state index contributed by atoms with van der Waals surface area (Å²) < 4.78 is 7.07. The van der Waals surface area contributed by atoms with E-state index in [-0.39, 0.29) is 21.6 Å². The summed E-state index contributed by atoms with van der Waals surface area (Å²) in [4.78, 5) is 24.5. The summed E-state index contributed by atoms with van der Waals surface area (Å²) in [5.41, 5.74) is 4.79. The van der Waals surface area contributed by atoms with Gasteiger partial charge in [0.1, 0.15) is 5.75 Å². The van der Waals surface area contributed by atoms with Crippen molar-refractivity contribution in [2.75, 3.05) is 0 Å². The van der Waals surface area contributed by atoms with Crippen LogP contribution in [0, 0.1) is 17.8 Å². The topological polar surface area (TPSA) is 55.4 Å². The number of carbonyl (C=O) groups excluding carboxylic acids is 2. The first-order valence-corrected chi connectivity index (χ1v) is 17.8. The average Bonchev–Trinajstić information content (AvgIpc) is 3.14. The van der Waals surface area contributed by atoms with E-state index in [0.29, 0.717) is 4.91 Å². The Balaban J connectivity index is 1.46. The van der Waals surface area contributed by atoms with Crippen molar-refractivity contribution in [3.8, 4) is 16.9 Å². The third kappa shape index (κ3) is 4.58. The molecule has 6 heteroatoms. The number of rotatable bonds is 5. The molecular weight excluding hydrogens is 507 g/mol. The SMILES string of the molecule is CC(C)(C)[Si](C)(C)Oc1ccc(-c2ccccc2/C=C2\SC(=O)NC2=O)cc1C12CC3CC(CC(C3)C1)C2. The lowest BCUT2D eigenvalue weighted by atomic mass is 9.48. The van der Waals surface area contributed by atoms with Crippen LogP contribution in [0.5, 0.6) is 5.75 Å². The summed E-state index contributed by atoms with van der Waals surface area (Å²) >= 11 is 0.971. The predicted molar refractivity (Wildman–Crippen MR) is 159 cm³/mol. The number of carbonyl (C=O) groups is 2. The van der Waals surface area contributed by atoms with Crippen LogP contribution in [-0.2, 0) is 10.2 Å². The van der Waals surface area contributed by atoms with E-state index in [1.807, 2.05) is 18.2 Å². The van der Waals surface area contributed by atoms with Crippen molar-refractivity contribution in [1.29, 1.82) is 0 Å². The number of thioether (sulfide) groups is 1. The Morgan fingerprint density at radius 1 is 0.974 bits per heavy atom. The van der Waals surface area contributed by atoms with Gasteiger partial charge in [-0.1, -0.05) is 51.1 Å². The third-order valence-corrected chi connectivity index (χ3v) is 15.1. The highest BCUT2D eigenvalue weighted by Crippen LogP contribution is 2.62. The number of nitrogens with one attached hydrogen (secondary N) is 1. The molecule has 0 unspecified atom stereocenters. The smallest absolute Gasteiger partial charge is 0.290 e. The van der Waals surface area contributed by atoms with Crippen LogP contribution < -0.4 is 9.74 Å². The van der Waals surface area contributed by atoms with Gasteiger partial charge in [-0.15, -0.1) is 0 Å². The van der Waals surface area contributed by atoms with Gasteiger partial charge in [-0.2, -0.15) is 0 Å². The summed E-state index contributed by atoms with van der Waals surface area (Å²) in [6.45, 7) is 11.6. The second-order valence-electron chi connectivity index (χ2n) is 13.7. The zero-order valence-corrected chi connectivity index (χ0v) is 25.0. The first kappa shape index (κ1) is 25.9. The third-order valence-electron chi connectivity index (χ3n) is 9.96. The van der Waals surface area contributed by atoms with E-state index >= 15 is 0 Å². The van der Waals surface area contributed by atoms with Crippen molar-refractivity contribution in [3.05, 3.63) is 58.5 Å². The van der Waals surface area contributed by atoms with Crippen LogP contribution in [0.3, 0.4) is 0 Å². The zero-order valence-electron chi connectivity index (χ0n) is 23.2. The molecule has 4 saturated carbocycles. The molecule has 1 heterocycles. The highest BCUT2D eigenvalue weighted by Gasteiger charge is 2.53. The summed E-state index contributed by atoms with van der Waals surface area (Å²) in [5, 5.41) is 2.19. The zero-order chi connectivity index (χ0) is 26.9. The largest absolute Gasteiger partial charge is 0.543 e. The number of hydrogen-bond donors (Lipinski definition) is 1. The molecule has 0 atom stereocenters. The second-order valence-corrected chi connectivity index (χ2v) is 19.5. The van der Waals surface area contributed by atoms with Gasteiger partial charge in [0.2, 0.25) is 8.32 Å². The summed E-state index contributed by atoms with van der Waals surface area (Å²) in [7, 11) is -2.03. The highest BCUT2D eigenvalue weighted by molar-refractivity contribution is 8.18. The minimum Gasteiger partial charge on any atom is -0.543 e. The minimum atomic E-state index is -2.03. The molecular formula is C32H39NO3SSi. The van der Waals surface area contributed by atoms with Crippen molar-refractivity contribution >= 4 is 37.3 Å². The molecule has 5 aliphatic rings. The molecule has 0 spiro atoms. The fourth-order valence-electron chi connectivity index (χ4n) is 7.52. The Hall–Kier alpha value is -2.31. The highest BCUT2D eigenvalue weighted by atomic mass is 32.2. The molecule has 2 aromatic carbocycles. The van der Waals surface area contributed by atoms with Crippen molar-refractivity contribution in [3.63, 3.8) is 0 Å². The van der Waals surface area contributed by atoms with E-state index in [0.717, 1.165) is 52.0 Å². The molecule has 4 bridgehead atoms. The van der Waals surface area contributed by atoms with Crippen LogP contribution in [0.15, 0.2) is 47.4 Å². The van der Waals surface area contributed by atoms with Gasteiger partial charge < -0.3 is 4.43 Å². The molecule has 4 nitrogen and oxygen atoms in total. The standard InChI is InChI=1S/C32H39NO3SSi/c1-31(2,3)38(4,5)36-27-11-10-24(15-26(27)32-17-20-12-21(18-32)14-22(13-20)19-32)25-9-7-6-8-23(25)16-28-29(34)33-30(35)37-28/h6-11,15-16,20-22H,12-14,17-19H2,1-5H3,(H,33,34,35)/b28-16-. The van der Waals surface area contributed by atoms with Gasteiger partial charge in [0.25, 0.3) is 11.1 Å². The second kappa shape index (κ2) is 9.12. The normalized spacial score (nSPS) is 29.7. The summed E-state index contributed by atoms with van der Waals surface area (Å²) in [6, 6.07) is 15.0. The number of hydrogen-bond acceptors (Lipinski definition) is 4. The Morgan fingerprint density at radius 2 is 1.61 bits per heavy atom. The van der Waals surface area contributed by atoms with Gasteiger partial charge in [-0.3, -0.25) is 14.9 Å². The van der Waals surface area contributed by atoms with Crippen molar-refractivity contribution in [2.45, 2.75) is 82.8 Å². The van der Waals surface area contributed by atoms with Gasteiger partial charge >= 0.3 is 0 Å². The van der Waals surface area contributed by atoms with Crippen LogP contribution >= 0.6 is 11.8 Å². The number of amides is 2. The van der Waals surface area contributed by atoms with Crippen LogP contribution in [0.2, 0.25) is 18.1 Å². The molecule has 1 aliphatic heterocycles. The summed E-state index contributed by atoms with van der Waals surface area (Å²) in [5.74, 6) is 3.31. The lowest BCUT2D eigenvalue weighted by molar-refractivity contribution is -0.115. The van der Waals surface area contributed by atoms with Crippen molar-refractivity contribution < 1.29 is 14.0 Å². The van der Waals surface area contributed by atoms with Gasteiger partial charge in [0, 0.05) is 0 Å². The molecule has 0 aromatic heterocycles. The van der Waals surface area contributed by atoms with Crippen LogP contribution in [0.4, 0.5) is 4.79 Å².